The highest BCUT2D eigenvalue weighted by molar-refractivity contribution is 8.14. The van der Waals surface area contributed by atoms with Gasteiger partial charge in [-0.15, -0.1) is 0 Å². The van der Waals surface area contributed by atoms with E-state index in [0.717, 1.165) is 35.0 Å². The Bertz CT molecular complexity index is 1970. The summed E-state index contributed by atoms with van der Waals surface area (Å²) in [7, 11) is 1.55. The predicted molar refractivity (Wildman–Crippen MR) is 211 cm³/mol. The van der Waals surface area contributed by atoms with Crippen LogP contribution < -0.4 is 18.9 Å². The third-order valence-corrected chi connectivity index (χ3v) is 8.72. The van der Waals surface area contributed by atoms with Crippen molar-refractivity contribution in [3.8, 4) is 23.0 Å². The average molecular weight is 766 g/mol. The zero-order chi connectivity index (χ0) is 39.4. The fraction of sp³-hybridized carbons (Fsp3) is 0.233. The summed E-state index contributed by atoms with van der Waals surface area (Å²) >= 11 is 1.06. The molecule has 55 heavy (non-hydrogen) atoms. The van der Waals surface area contributed by atoms with Gasteiger partial charge in [-0.25, -0.2) is 14.4 Å². The number of unbranched alkanes of at least 4 members (excludes halogenated alkanes) is 2. The largest absolute Gasteiger partial charge is 0.496 e. The van der Waals surface area contributed by atoms with Crippen LogP contribution in [-0.2, 0) is 19.1 Å². The van der Waals surface area contributed by atoms with Crippen LogP contribution in [0.15, 0.2) is 120 Å². The highest BCUT2D eigenvalue weighted by Crippen LogP contribution is 2.33. The second-order valence-corrected chi connectivity index (χ2v) is 12.8. The predicted octanol–water partition coefficient (Wildman–Crippen LogP) is 8.68. The van der Waals surface area contributed by atoms with E-state index in [1.165, 1.54) is 0 Å². The summed E-state index contributed by atoms with van der Waals surface area (Å²) in [5.74, 6) is 0.775. The number of aryl methyl sites for hydroxylation is 1. The van der Waals surface area contributed by atoms with Crippen molar-refractivity contribution < 1.29 is 47.6 Å². The normalized spacial score (nSPS) is 10.7. The second kappa shape index (κ2) is 22.2. The van der Waals surface area contributed by atoms with E-state index in [-0.39, 0.29) is 5.12 Å². The van der Waals surface area contributed by atoms with Gasteiger partial charge in [-0.1, -0.05) is 19.2 Å². The highest BCUT2D eigenvalue weighted by Gasteiger charge is 2.14. The van der Waals surface area contributed by atoms with Crippen LogP contribution in [0.3, 0.4) is 0 Å². The molecular formula is C43H43NO10S. The van der Waals surface area contributed by atoms with Gasteiger partial charge in [0, 0.05) is 23.9 Å². The Kier molecular flexibility index (Phi) is 16.8. The molecule has 0 amide bonds. The Labute approximate surface area is 325 Å². The number of carbonyl (C=O) groups is 4. The molecule has 286 valence electrons. The van der Waals surface area contributed by atoms with E-state index in [1.54, 1.807) is 86.1 Å². The van der Waals surface area contributed by atoms with E-state index in [4.69, 9.17) is 28.4 Å². The molecule has 0 bridgehead atoms. The van der Waals surface area contributed by atoms with Crippen LogP contribution in [0.25, 0.3) is 0 Å². The van der Waals surface area contributed by atoms with Gasteiger partial charge in [0.25, 0.3) is 0 Å². The molecule has 0 unspecified atom stereocenters. The Morgan fingerprint density at radius 2 is 1.22 bits per heavy atom. The number of ether oxygens (including phenoxy) is 6. The molecule has 0 fully saturated rings. The molecule has 0 aliphatic heterocycles. The van der Waals surface area contributed by atoms with Gasteiger partial charge < -0.3 is 28.4 Å². The van der Waals surface area contributed by atoms with Crippen LogP contribution in [0, 0.1) is 6.92 Å². The third-order valence-electron chi connectivity index (χ3n) is 7.74. The van der Waals surface area contributed by atoms with Gasteiger partial charge in [-0.3, -0.25) is 9.79 Å². The van der Waals surface area contributed by atoms with Crippen molar-refractivity contribution in [1.29, 1.82) is 0 Å². The molecule has 0 aliphatic carbocycles. The summed E-state index contributed by atoms with van der Waals surface area (Å²) in [5, 5.41) is -0.147. The molecule has 0 radical (unpaired) electrons. The van der Waals surface area contributed by atoms with Gasteiger partial charge in [0.1, 0.15) is 23.0 Å². The number of benzene rings is 4. The zero-order valence-corrected chi connectivity index (χ0v) is 31.6. The van der Waals surface area contributed by atoms with Gasteiger partial charge in [0.2, 0.25) is 5.12 Å². The molecule has 11 nitrogen and oxygen atoms in total. The first-order valence-corrected chi connectivity index (χ1v) is 18.3. The molecule has 0 aromatic heterocycles. The number of methoxy groups -OCH3 is 1. The fourth-order valence-electron chi connectivity index (χ4n) is 4.78. The first kappa shape index (κ1) is 41.6. The number of rotatable bonds is 21. The van der Waals surface area contributed by atoms with Crippen molar-refractivity contribution in [2.75, 3.05) is 33.5 Å². The van der Waals surface area contributed by atoms with Crippen molar-refractivity contribution >= 4 is 46.7 Å². The minimum atomic E-state index is -0.505. The van der Waals surface area contributed by atoms with Crippen LogP contribution >= 0.6 is 11.8 Å². The number of nitrogens with zero attached hydrogens (tertiary/aromatic N) is 1. The second-order valence-electron chi connectivity index (χ2n) is 11.8. The molecule has 12 heteroatoms. The molecule has 4 aromatic carbocycles. The lowest BCUT2D eigenvalue weighted by molar-refractivity contribution is -0.138. The molecule has 0 aliphatic rings. The summed E-state index contributed by atoms with van der Waals surface area (Å²) in [6, 6.07) is 24.2. The summed E-state index contributed by atoms with van der Waals surface area (Å²) in [5.41, 5.74) is 3.15. The monoisotopic (exact) mass is 765 g/mol. The summed E-state index contributed by atoms with van der Waals surface area (Å²) in [4.78, 5) is 53.3. The maximum absolute atomic E-state index is 13.1. The Morgan fingerprint density at radius 3 is 1.76 bits per heavy atom. The van der Waals surface area contributed by atoms with Crippen molar-refractivity contribution in [2.45, 2.75) is 37.5 Å². The third kappa shape index (κ3) is 14.0. The van der Waals surface area contributed by atoms with Gasteiger partial charge in [-0.2, -0.15) is 0 Å². The fourth-order valence-corrected chi connectivity index (χ4v) is 5.61. The molecule has 0 spiro atoms. The van der Waals surface area contributed by atoms with Crippen LogP contribution in [-0.4, -0.2) is 62.8 Å². The van der Waals surface area contributed by atoms with E-state index in [0.29, 0.717) is 96.8 Å². The molecular weight excluding hydrogens is 723 g/mol. The number of carbonyl (C=O) groups excluding carboxylic acids is 4. The van der Waals surface area contributed by atoms with E-state index in [2.05, 4.69) is 18.2 Å². The molecule has 0 saturated heterocycles. The van der Waals surface area contributed by atoms with Gasteiger partial charge in [0.15, 0.2) is 0 Å². The Morgan fingerprint density at radius 1 is 0.673 bits per heavy atom. The first-order valence-electron chi connectivity index (χ1n) is 17.5. The standard InChI is InChI=1S/C43H43NO10S/c1-5-40(45)52-25-9-7-23-50-34-16-12-32(13-17-34)42(47)54-36-20-21-37(30(3)27-36)44-29-31-11-22-39(38(28-31)49-4)55-43(48)33-14-18-35(19-15-33)51-24-8-10-26-53-41(46)6-2/h5-6,11-22,27-29H,1-2,7-10,23-26H2,3-4H3/b44-29+. The minimum absolute atomic E-state index is 0.147. The lowest BCUT2D eigenvalue weighted by atomic mass is 10.2. The molecule has 0 N–H and O–H groups in total. The number of aliphatic imine (C=N–C) groups is 1. The van der Waals surface area contributed by atoms with Crippen LogP contribution in [0.5, 0.6) is 23.0 Å². The Balaban J connectivity index is 1.24. The van der Waals surface area contributed by atoms with Crippen LogP contribution in [0.1, 0.15) is 57.5 Å². The number of esters is 3. The van der Waals surface area contributed by atoms with Gasteiger partial charge in [-0.05, 0) is 134 Å². The SMILES string of the molecule is C=CC(=O)OCCCCOc1ccc(C(=O)Oc2ccc(/N=C/c3ccc(SC(=O)c4ccc(OCCCCOC(=O)C=C)cc4)c(OC)c3)c(C)c2)cc1. The lowest BCUT2D eigenvalue weighted by Crippen LogP contribution is -2.08. The number of hydrogen-bond donors (Lipinski definition) is 0. The van der Waals surface area contributed by atoms with Crippen LogP contribution in [0.2, 0.25) is 0 Å². The minimum Gasteiger partial charge on any atom is -0.496 e. The van der Waals surface area contributed by atoms with Crippen molar-refractivity contribution in [3.63, 3.8) is 0 Å². The van der Waals surface area contributed by atoms with E-state index >= 15 is 0 Å². The summed E-state index contributed by atoms with van der Waals surface area (Å²) < 4.78 is 32.5. The summed E-state index contributed by atoms with van der Waals surface area (Å²) in [6.07, 6.45) is 6.70. The summed E-state index contributed by atoms with van der Waals surface area (Å²) in [6.45, 7) is 10.1. The van der Waals surface area contributed by atoms with E-state index < -0.39 is 17.9 Å². The molecule has 0 saturated carbocycles. The smallest absolute Gasteiger partial charge is 0.343 e. The van der Waals surface area contributed by atoms with Crippen molar-refractivity contribution in [3.05, 3.63) is 132 Å². The molecule has 0 atom stereocenters. The van der Waals surface area contributed by atoms with Crippen molar-refractivity contribution in [2.24, 2.45) is 4.99 Å². The molecule has 4 rings (SSSR count). The quantitative estimate of drug-likeness (QED) is 0.0201. The first-order chi connectivity index (χ1) is 26.7. The maximum atomic E-state index is 13.1. The van der Waals surface area contributed by atoms with Gasteiger partial charge in [0.05, 0.1) is 49.7 Å². The zero-order valence-electron chi connectivity index (χ0n) is 30.8. The number of thioether (sulfide) groups is 1. The van der Waals surface area contributed by atoms with Gasteiger partial charge >= 0.3 is 17.9 Å². The number of hydrogen-bond acceptors (Lipinski definition) is 12. The topological polar surface area (TPSA) is 136 Å². The van der Waals surface area contributed by atoms with Crippen LogP contribution in [0.4, 0.5) is 5.69 Å². The average Bonchev–Trinajstić information content (AvgIpc) is 3.20. The van der Waals surface area contributed by atoms with E-state index in [1.807, 2.05) is 19.1 Å². The molecule has 0 heterocycles. The van der Waals surface area contributed by atoms with Crippen molar-refractivity contribution in [1.82, 2.24) is 0 Å². The van der Waals surface area contributed by atoms with E-state index in [9.17, 15) is 19.2 Å². The Hall–Kier alpha value is -6.14. The lowest BCUT2D eigenvalue weighted by Gasteiger charge is -2.10. The maximum Gasteiger partial charge on any atom is 0.343 e. The highest BCUT2D eigenvalue weighted by atomic mass is 32.2. The molecule has 4 aromatic rings.